The van der Waals surface area contributed by atoms with Crippen LogP contribution in [0.5, 0.6) is 0 Å². The standard InChI is InChI=1S/C18H25N5O2/c1-13-11-16(19-9-6-10-23(2)3)22-18(20-13)21-15-8-5-7-14(12-15)17(24)25-4/h5,7-8,11-12H,6,9-10H2,1-4H3,(H2,19,20,21,22). The van der Waals surface area contributed by atoms with Gasteiger partial charge in [-0.2, -0.15) is 4.98 Å². The number of benzene rings is 1. The van der Waals surface area contributed by atoms with Gasteiger partial charge in [-0.3, -0.25) is 0 Å². The number of anilines is 3. The molecule has 7 nitrogen and oxygen atoms in total. The van der Waals surface area contributed by atoms with E-state index in [2.05, 4.69) is 39.6 Å². The molecule has 25 heavy (non-hydrogen) atoms. The van der Waals surface area contributed by atoms with Crippen molar-refractivity contribution in [1.82, 2.24) is 14.9 Å². The Kier molecular flexibility index (Phi) is 6.71. The number of nitrogens with one attached hydrogen (secondary N) is 2. The van der Waals surface area contributed by atoms with Crippen molar-refractivity contribution in [2.45, 2.75) is 13.3 Å². The number of ether oxygens (including phenoxy) is 1. The summed E-state index contributed by atoms with van der Waals surface area (Å²) in [7, 11) is 5.47. The fraction of sp³-hybridized carbons (Fsp3) is 0.389. The third kappa shape index (κ3) is 6.04. The predicted octanol–water partition coefficient (Wildman–Crippen LogP) is 2.68. The first-order valence-electron chi connectivity index (χ1n) is 8.17. The molecule has 0 bridgehead atoms. The van der Waals surface area contributed by atoms with Gasteiger partial charge >= 0.3 is 5.97 Å². The van der Waals surface area contributed by atoms with E-state index in [4.69, 9.17) is 4.74 Å². The van der Waals surface area contributed by atoms with Crippen molar-refractivity contribution in [2.24, 2.45) is 0 Å². The van der Waals surface area contributed by atoms with E-state index in [1.165, 1.54) is 7.11 Å². The molecule has 0 unspecified atom stereocenters. The number of hydrogen-bond acceptors (Lipinski definition) is 7. The highest BCUT2D eigenvalue weighted by atomic mass is 16.5. The summed E-state index contributed by atoms with van der Waals surface area (Å²) >= 11 is 0. The summed E-state index contributed by atoms with van der Waals surface area (Å²) in [4.78, 5) is 22.6. The van der Waals surface area contributed by atoms with Gasteiger partial charge in [-0.15, -0.1) is 0 Å². The van der Waals surface area contributed by atoms with E-state index in [1.54, 1.807) is 18.2 Å². The molecule has 0 aliphatic carbocycles. The minimum absolute atomic E-state index is 0.378. The molecule has 134 valence electrons. The Hall–Kier alpha value is -2.67. The zero-order chi connectivity index (χ0) is 18.2. The van der Waals surface area contributed by atoms with E-state index >= 15 is 0 Å². The Balaban J connectivity index is 2.05. The van der Waals surface area contributed by atoms with Gasteiger partial charge in [-0.1, -0.05) is 6.07 Å². The van der Waals surface area contributed by atoms with Gasteiger partial charge in [-0.05, 0) is 52.2 Å². The maximum Gasteiger partial charge on any atom is 0.337 e. The largest absolute Gasteiger partial charge is 0.465 e. The quantitative estimate of drug-likeness (QED) is 0.563. The Labute approximate surface area is 148 Å². The summed E-state index contributed by atoms with van der Waals surface area (Å²) in [5.41, 5.74) is 2.06. The molecule has 0 saturated carbocycles. The lowest BCUT2D eigenvalue weighted by Crippen LogP contribution is -2.17. The molecular formula is C18H25N5O2. The van der Waals surface area contributed by atoms with Gasteiger partial charge in [0.15, 0.2) is 0 Å². The van der Waals surface area contributed by atoms with E-state index in [1.807, 2.05) is 19.1 Å². The third-order valence-corrected chi connectivity index (χ3v) is 3.48. The Morgan fingerprint density at radius 3 is 2.76 bits per heavy atom. The van der Waals surface area contributed by atoms with Crippen LogP contribution in [0.15, 0.2) is 30.3 Å². The van der Waals surface area contributed by atoms with Gasteiger partial charge in [0.25, 0.3) is 0 Å². The van der Waals surface area contributed by atoms with Crippen LogP contribution in [0.25, 0.3) is 0 Å². The SMILES string of the molecule is COC(=O)c1cccc(Nc2nc(C)cc(NCCCN(C)C)n2)c1. The number of nitrogens with zero attached hydrogens (tertiary/aromatic N) is 3. The first-order chi connectivity index (χ1) is 12.0. The number of carbonyl (C=O) groups is 1. The van der Waals surface area contributed by atoms with Crippen molar-refractivity contribution in [1.29, 1.82) is 0 Å². The monoisotopic (exact) mass is 343 g/mol. The van der Waals surface area contributed by atoms with Crippen LogP contribution in [0.3, 0.4) is 0 Å². The van der Waals surface area contributed by atoms with Crippen LogP contribution >= 0.6 is 0 Å². The summed E-state index contributed by atoms with van der Waals surface area (Å²) in [6, 6.07) is 8.95. The lowest BCUT2D eigenvalue weighted by molar-refractivity contribution is 0.0601. The van der Waals surface area contributed by atoms with Gasteiger partial charge < -0.3 is 20.3 Å². The van der Waals surface area contributed by atoms with E-state index in [0.29, 0.717) is 11.5 Å². The summed E-state index contributed by atoms with van der Waals surface area (Å²) in [6.07, 6.45) is 1.03. The predicted molar refractivity (Wildman–Crippen MR) is 99.5 cm³/mol. The topological polar surface area (TPSA) is 79.4 Å². The fourth-order valence-corrected chi connectivity index (χ4v) is 2.30. The van der Waals surface area contributed by atoms with Crippen LogP contribution in [0.1, 0.15) is 22.5 Å². The maximum atomic E-state index is 11.6. The molecule has 0 radical (unpaired) electrons. The Bertz CT molecular complexity index is 718. The minimum atomic E-state index is -0.378. The van der Waals surface area contributed by atoms with Gasteiger partial charge in [-0.25, -0.2) is 9.78 Å². The molecular weight excluding hydrogens is 318 g/mol. The molecule has 1 aromatic carbocycles. The zero-order valence-corrected chi connectivity index (χ0v) is 15.2. The molecule has 0 atom stereocenters. The average molecular weight is 343 g/mol. The number of carbonyl (C=O) groups excluding carboxylic acids is 1. The molecule has 2 aromatic rings. The number of esters is 1. The van der Waals surface area contributed by atoms with Crippen LogP contribution in [-0.4, -0.2) is 55.1 Å². The van der Waals surface area contributed by atoms with E-state index in [-0.39, 0.29) is 5.97 Å². The van der Waals surface area contributed by atoms with E-state index in [0.717, 1.165) is 36.7 Å². The molecule has 0 amide bonds. The highest BCUT2D eigenvalue weighted by molar-refractivity contribution is 5.90. The molecule has 0 fully saturated rings. The van der Waals surface area contributed by atoms with Crippen LogP contribution in [0.2, 0.25) is 0 Å². The van der Waals surface area contributed by atoms with Gasteiger partial charge in [0.05, 0.1) is 12.7 Å². The molecule has 2 N–H and O–H groups in total. The van der Waals surface area contributed by atoms with Gasteiger partial charge in [0.2, 0.25) is 5.95 Å². The number of aryl methyl sites for hydroxylation is 1. The lowest BCUT2D eigenvalue weighted by Gasteiger charge is -2.12. The smallest absolute Gasteiger partial charge is 0.337 e. The summed E-state index contributed by atoms with van der Waals surface area (Å²) in [6.45, 7) is 3.77. The van der Waals surface area contributed by atoms with Gasteiger partial charge in [0, 0.05) is 24.0 Å². The van der Waals surface area contributed by atoms with Crippen molar-refractivity contribution in [2.75, 3.05) is 44.9 Å². The Morgan fingerprint density at radius 2 is 2.04 bits per heavy atom. The molecule has 2 rings (SSSR count). The highest BCUT2D eigenvalue weighted by Gasteiger charge is 2.07. The molecule has 0 aliphatic heterocycles. The van der Waals surface area contributed by atoms with Crippen molar-refractivity contribution in [3.8, 4) is 0 Å². The fourth-order valence-electron chi connectivity index (χ4n) is 2.30. The maximum absolute atomic E-state index is 11.6. The number of aromatic nitrogens is 2. The molecule has 0 aliphatic rings. The third-order valence-electron chi connectivity index (χ3n) is 3.48. The molecule has 0 saturated heterocycles. The van der Waals surface area contributed by atoms with Crippen LogP contribution in [-0.2, 0) is 4.74 Å². The van der Waals surface area contributed by atoms with E-state index in [9.17, 15) is 4.79 Å². The van der Waals surface area contributed by atoms with Crippen molar-refractivity contribution in [3.05, 3.63) is 41.6 Å². The van der Waals surface area contributed by atoms with Crippen LogP contribution < -0.4 is 10.6 Å². The van der Waals surface area contributed by atoms with Crippen LogP contribution in [0, 0.1) is 6.92 Å². The molecule has 1 aromatic heterocycles. The van der Waals surface area contributed by atoms with E-state index < -0.39 is 0 Å². The summed E-state index contributed by atoms with van der Waals surface area (Å²) in [5.74, 6) is 0.882. The molecule has 1 heterocycles. The number of methoxy groups -OCH3 is 1. The second-order valence-corrected chi connectivity index (χ2v) is 6.00. The van der Waals surface area contributed by atoms with Crippen LogP contribution in [0.4, 0.5) is 17.5 Å². The van der Waals surface area contributed by atoms with Crippen molar-refractivity contribution in [3.63, 3.8) is 0 Å². The summed E-state index contributed by atoms with van der Waals surface area (Å²) < 4.78 is 4.74. The first kappa shape index (κ1) is 18.7. The van der Waals surface area contributed by atoms with Gasteiger partial charge in [0.1, 0.15) is 5.82 Å². The van der Waals surface area contributed by atoms with Crippen molar-refractivity contribution < 1.29 is 9.53 Å². The number of hydrogen-bond donors (Lipinski definition) is 2. The first-order valence-corrected chi connectivity index (χ1v) is 8.17. The summed E-state index contributed by atoms with van der Waals surface area (Å²) in [5, 5.41) is 6.45. The zero-order valence-electron chi connectivity index (χ0n) is 15.2. The lowest BCUT2D eigenvalue weighted by atomic mass is 10.2. The normalized spacial score (nSPS) is 10.6. The molecule has 7 heteroatoms. The second-order valence-electron chi connectivity index (χ2n) is 6.00. The minimum Gasteiger partial charge on any atom is -0.465 e. The van der Waals surface area contributed by atoms with Crippen molar-refractivity contribution >= 4 is 23.4 Å². The number of rotatable bonds is 8. The molecule has 0 spiro atoms. The second kappa shape index (κ2) is 8.98. The average Bonchev–Trinajstić information content (AvgIpc) is 2.57. The Morgan fingerprint density at radius 1 is 1.24 bits per heavy atom. The highest BCUT2D eigenvalue weighted by Crippen LogP contribution is 2.17.